The van der Waals surface area contributed by atoms with Gasteiger partial charge in [0.1, 0.15) is 10.7 Å². The molecule has 188 valence electrons. The quantitative estimate of drug-likeness (QED) is 0.194. The van der Waals surface area contributed by atoms with Crippen LogP contribution in [0.15, 0.2) is 42.5 Å². The molecule has 0 radical (unpaired) electrons. The van der Waals surface area contributed by atoms with Crippen molar-refractivity contribution in [3.05, 3.63) is 59.2 Å². The molecule has 2 N–H and O–H groups in total. The summed E-state index contributed by atoms with van der Waals surface area (Å²) in [5.41, 5.74) is 2.66. The van der Waals surface area contributed by atoms with Gasteiger partial charge in [0.05, 0.1) is 6.04 Å². The fourth-order valence-corrected chi connectivity index (χ4v) is 5.36. The van der Waals surface area contributed by atoms with E-state index in [9.17, 15) is 4.39 Å². The molecule has 1 fully saturated rings. The van der Waals surface area contributed by atoms with Gasteiger partial charge in [-0.3, -0.25) is 0 Å². The summed E-state index contributed by atoms with van der Waals surface area (Å²) in [6.07, 6.45) is 7.92. The van der Waals surface area contributed by atoms with Gasteiger partial charge in [0, 0.05) is 18.3 Å². The van der Waals surface area contributed by atoms with Gasteiger partial charge in [-0.1, -0.05) is 97.6 Å². The Kier molecular flexibility index (Phi) is 11.0. The second-order valence-corrected chi connectivity index (χ2v) is 11.5. The Hall–Kier alpha value is -1.51. The first-order valence-corrected chi connectivity index (χ1v) is 14.6. The topological polar surface area (TPSA) is 24.1 Å². The predicted octanol–water partition coefficient (Wildman–Crippen LogP) is 8.26. The van der Waals surface area contributed by atoms with E-state index >= 15 is 0 Å². The lowest BCUT2D eigenvalue weighted by atomic mass is 9.91. The molecule has 0 amide bonds. The van der Waals surface area contributed by atoms with Crippen LogP contribution in [0.3, 0.4) is 0 Å². The third-order valence-corrected chi connectivity index (χ3v) is 7.95. The van der Waals surface area contributed by atoms with Crippen LogP contribution in [0.2, 0.25) is 0 Å². The van der Waals surface area contributed by atoms with Crippen LogP contribution in [0.4, 0.5) is 10.1 Å². The molecule has 0 aliphatic heterocycles. The average Bonchev–Trinajstić information content (AvgIpc) is 3.58. The molecule has 2 nitrogen and oxygen atoms in total. The molecule has 1 aliphatic carbocycles. The first kappa shape index (κ1) is 28.7. The van der Waals surface area contributed by atoms with Crippen molar-refractivity contribution < 1.29 is 4.39 Å². The molecule has 0 spiro atoms. The van der Waals surface area contributed by atoms with E-state index in [2.05, 4.69) is 62.3 Å². The van der Waals surface area contributed by atoms with Gasteiger partial charge in [0.15, 0.2) is 0 Å². The van der Waals surface area contributed by atoms with Crippen molar-refractivity contribution in [3.63, 3.8) is 0 Å². The zero-order valence-corrected chi connectivity index (χ0v) is 24.0. The molecule has 0 saturated heterocycles. The molecule has 2 atom stereocenters. The number of halogens is 1. The zero-order valence-electron chi connectivity index (χ0n) is 22.1. The maximum Gasteiger partial charge on any atom is 0.130 e. The number of rotatable bonds is 10. The van der Waals surface area contributed by atoms with Crippen molar-refractivity contribution >= 4 is 36.8 Å². The SMILES string of the molecule is CCCCCC.CNc1cc(C(C)(C)F)cc(PC)c1C(=S)NC(c1ccccc1)C1(C)CC1. The molecule has 2 unspecified atom stereocenters. The molecule has 1 saturated carbocycles. The van der Waals surface area contributed by atoms with Crippen LogP contribution in [0.5, 0.6) is 0 Å². The van der Waals surface area contributed by atoms with Gasteiger partial charge in [0.25, 0.3) is 0 Å². The van der Waals surface area contributed by atoms with Crippen molar-refractivity contribution in [2.45, 2.75) is 84.9 Å². The van der Waals surface area contributed by atoms with Gasteiger partial charge >= 0.3 is 0 Å². The third-order valence-electron chi connectivity index (χ3n) is 6.69. The highest BCUT2D eigenvalue weighted by atomic mass is 32.1. The van der Waals surface area contributed by atoms with Crippen molar-refractivity contribution in [1.29, 1.82) is 0 Å². The number of anilines is 1. The van der Waals surface area contributed by atoms with E-state index in [1.54, 1.807) is 13.8 Å². The van der Waals surface area contributed by atoms with Crippen molar-refractivity contribution in [1.82, 2.24) is 5.32 Å². The van der Waals surface area contributed by atoms with Crippen molar-refractivity contribution in [2.75, 3.05) is 19.0 Å². The Bertz CT molecular complexity index is 890. The average molecular weight is 503 g/mol. The minimum atomic E-state index is -1.39. The van der Waals surface area contributed by atoms with Gasteiger partial charge in [-0.05, 0) is 67.3 Å². The van der Waals surface area contributed by atoms with Gasteiger partial charge in [-0.2, -0.15) is 0 Å². The largest absolute Gasteiger partial charge is 0.388 e. The Labute approximate surface area is 214 Å². The Morgan fingerprint density at radius 1 is 1.12 bits per heavy atom. The Balaban J connectivity index is 0.000000604. The molecule has 34 heavy (non-hydrogen) atoms. The Morgan fingerprint density at radius 3 is 2.15 bits per heavy atom. The van der Waals surface area contributed by atoms with E-state index in [0.717, 1.165) is 21.5 Å². The number of thiocarbonyl (C=S) groups is 1. The second-order valence-electron chi connectivity index (χ2n) is 10.1. The van der Waals surface area contributed by atoms with Crippen molar-refractivity contribution in [3.8, 4) is 0 Å². The number of benzene rings is 2. The Morgan fingerprint density at radius 2 is 1.71 bits per heavy atom. The molecule has 2 aromatic carbocycles. The fourth-order valence-electron chi connectivity index (χ4n) is 4.12. The summed E-state index contributed by atoms with van der Waals surface area (Å²) in [5.74, 6) is 0. The monoisotopic (exact) mass is 502 g/mol. The number of nitrogens with one attached hydrogen (secondary N) is 2. The second kappa shape index (κ2) is 13.0. The fraction of sp³-hybridized carbons (Fsp3) is 0.552. The minimum absolute atomic E-state index is 0.177. The maximum atomic E-state index is 14.6. The summed E-state index contributed by atoms with van der Waals surface area (Å²) >= 11 is 5.90. The van der Waals surface area contributed by atoms with Crippen LogP contribution in [0, 0.1) is 5.41 Å². The van der Waals surface area contributed by atoms with Gasteiger partial charge in [0.2, 0.25) is 0 Å². The summed E-state index contributed by atoms with van der Waals surface area (Å²) in [6.45, 7) is 12.1. The third kappa shape index (κ3) is 7.75. The van der Waals surface area contributed by atoms with E-state index in [4.69, 9.17) is 12.2 Å². The van der Waals surface area contributed by atoms with E-state index in [1.807, 2.05) is 25.2 Å². The normalized spacial score (nSPS) is 15.4. The van der Waals surface area contributed by atoms with Crippen LogP contribution in [-0.2, 0) is 5.67 Å². The highest BCUT2D eigenvalue weighted by Crippen LogP contribution is 2.54. The van der Waals surface area contributed by atoms with Crippen LogP contribution in [0.1, 0.15) is 95.9 Å². The van der Waals surface area contributed by atoms with Crippen LogP contribution in [0.25, 0.3) is 0 Å². The summed E-state index contributed by atoms with van der Waals surface area (Å²) in [4.78, 5) is 0.735. The van der Waals surface area contributed by atoms with Gasteiger partial charge in [-0.25, -0.2) is 4.39 Å². The standard InChI is InChI=1S/C23H30FN2PS.C6H14/c1-22(2,24)16-13-17(25-4)19(18(14-16)27-5)21(28)26-20(23(3)11-12-23)15-9-7-6-8-10-15;1-3-5-6-4-2/h6-10,13-14,20,25,27H,11-12H2,1-5H3,(H,26,28);3-6H2,1-2H3. The number of hydrogen-bond acceptors (Lipinski definition) is 2. The van der Waals surface area contributed by atoms with Crippen molar-refractivity contribution in [2.24, 2.45) is 5.41 Å². The summed E-state index contributed by atoms with van der Waals surface area (Å²) < 4.78 is 14.6. The molecule has 2 aromatic rings. The summed E-state index contributed by atoms with van der Waals surface area (Å²) in [6, 6.07) is 14.6. The lowest BCUT2D eigenvalue weighted by Gasteiger charge is -2.29. The van der Waals surface area contributed by atoms with E-state index in [1.165, 1.54) is 44.1 Å². The van der Waals surface area contributed by atoms with E-state index < -0.39 is 5.67 Å². The molecule has 1 aliphatic rings. The first-order valence-electron chi connectivity index (χ1n) is 12.7. The van der Waals surface area contributed by atoms with Crippen LogP contribution in [-0.4, -0.2) is 18.7 Å². The van der Waals surface area contributed by atoms with Gasteiger partial charge < -0.3 is 10.6 Å². The highest BCUT2D eigenvalue weighted by molar-refractivity contribution is 7.80. The molecule has 3 rings (SSSR count). The molecule has 5 heteroatoms. The van der Waals surface area contributed by atoms with E-state index in [-0.39, 0.29) is 11.5 Å². The molecule has 0 bridgehead atoms. The predicted molar refractivity (Wildman–Crippen MR) is 155 cm³/mol. The molecule has 0 heterocycles. The maximum absolute atomic E-state index is 14.6. The smallest absolute Gasteiger partial charge is 0.130 e. The van der Waals surface area contributed by atoms with Gasteiger partial charge in [-0.15, -0.1) is 0 Å². The van der Waals surface area contributed by atoms with E-state index in [0.29, 0.717) is 14.1 Å². The summed E-state index contributed by atoms with van der Waals surface area (Å²) in [5, 5.41) is 8.00. The first-order chi connectivity index (χ1) is 16.1. The lowest BCUT2D eigenvalue weighted by molar-refractivity contribution is 0.221. The van der Waals surface area contributed by atoms with Crippen LogP contribution < -0.4 is 15.9 Å². The number of hydrogen-bond donors (Lipinski definition) is 2. The number of unbranched alkanes of at least 4 members (excludes halogenated alkanes) is 3. The summed E-state index contributed by atoms with van der Waals surface area (Å²) in [7, 11) is 2.40. The lowest BCUT2D eigenvalue weighted by Crippen LogP contribution is -2.35. The molecule has 0 aromatic heterocycles. The minimum Gasteiger partial charge on any atom is -0.388 e. The molecular weight excluding hydrogens is 458 g/mol. The number of alkyl halides is 1. The molecular formula is C29H44FN2PS. The highest BCUT2D eigenvalue weighted by Gasteiger charge is 2.46. The zero-order chi connectivity index (χ0) is 25.4. The van der Waals surface area contributed by atoms with Crippen LogP contribution >= 0.6 is 20.8 Å².